The summed E-state index contributed by atoms with van der Waals surface area (Å²) in [5, 5.41) is 3.04. The molecule has 1 aliphatic heterocycles. The lowest BCUT2D eigenvalue weighted by Gasteiger charge is -2.27. The van der Waals surface area contributed by atoms with Crippen LogP contribution in [0.15, 0.2) is 54.6 Å². The molecule has 0 spiro atoms. The summed E-state index contributed by atoms with van der Waals surface area (Å²) in [7, 11) is 0. The van der Waals surface area contributed by atoms with Crippen LogP contribution in [0.25, 0.3) is 11.0 Å². The van der Waals surface area contributed by atoms with Crippen LogP contribution in [0.2, 0.25) is 0 Å². The first kappa shape index (κ1) is 19.6. The maximum Gasteiger partial charge on any atom is 0.224 e. The van der Waals surface area contributed by atoms with Crippen molar-refractivity contribution in [3.8, 4) is 0 Å². The van der Waals surface area contributed by atoms with Crippen LogP contribution in [-0.4, -0.2) is 59.8 Å². The SMILES string of the molecule is O=C(Cc1ccccc1)NCCc1nc2ccccc2n1CCN1CCOCC1. The summed E-state index contributed by atoms with van der Waals surface area (Å²) in [6.45, 7) is 6.06. The van der Waals surface area contributed by atoms with Crippen LogP contribution in [0.5, 0.6) is 0 Å². The Balaban J connectivity index is 1.37. The van der Waals surface area contributed by atoms with Crippen molar-refractivity contribution in [2.45, 2.75) is 19.4 Å². The fourth-order valence-electron chi connectivity index (χ4n) is 3.79. The van der Waals surface area contributed by atoms with Crippen molar-refractivity contribution in [3.05, 3.63) is 66.0 Å². The molecule has 0 saturated carbocycles. The van der Waals surface area contributed by atoms with Crippen LogP contribution in [0.4, 0.5) is 0 Å². The van der Waals surface area contributed by atoms with Crippen LogP contribution in [-0.2, 0) is 28.9 Å². The third-order valence-corrected chi connectivity index (χ3v) is 5.36. The summed E-state index contributed by atoms with van der Waals surface area (Å²) in [5.41, 5.74) is 3.20. The number of aromatic nitrogens is 2. The van der Waals surface area contributed by atoms with Gasteiger partial charge in [0, 0.05) is 39.1 Å². The van der Waals surface area contributed by atoms with E-state index < -0.39 is 0 Å². The lowest BCUT2D eigenvalue weighted by molar-refractivity contribution is -0.120. The molecule has 152 valence electrons. The van der Waals surface area contributed by atoms with Gasteiger partial charge in [0.05, 0.1) is 30.7 Å². The molecule has 0 aliphatic carbocycles. The molecule has 29 heavy (non-hydrogen) atoms. The highest BCUT2D eigenvalue weighted by Crippen LogP contribution is 2.16. The van der Waals surface area contributed by atoms with E-state index in [2.05, 4.69) is 33.0 Å². The predicted octanol–water partition coefficient (Wildman–Crippen LogP) is 2.27. The van der Waals surface area contributed by atoms with Crippen LogP contribution >= 0.6 is 0 Å². The van der Waals surface area contributed by atoms with E-state index in [0.717, 1.165) is 68.2 Å². The Hall–Kier alpha value is -2.70. The molecule has 6 heteroatoms. The summed E-state index contributed by atoms with van der Waals surface area (Å²) < 4.78 is 7.75. The number of ether oxygens (including phenoxy) is 1. The van der Waals surface area contributed by atoms with Crippen molar-refractivity contribution in [2.75, 3.05) is 39.4 Å². The second kappa shape index (κ2) is 9.67. The number of morpholine rings is 1. The first-order valence-corrected chi connectivity index (χ1v) is 10.3. The van der Waals surface area contributed by atoms with Gasteiger partial charge in [-0.05, 0) is 17.7 Å². The monoisotopic (exact) mass is 392 g/mol. The zero-order valence-electron chi connectivity index (χ0n) is 16.7. The lowest BCUT2D eigenvalue weighted by atomic mass is 10.1. The Labute approximate surface area is 171 Å². The molecule has 1 aromatic heterocycles. The van der Waals surface area contributed by atoms with E-state index >= 15 is 0 Å². The van der Waals surface area contributed by atoms with E-state index in [1.54, 1.807) is 0 Å². The van der Waals surface area contributed by atoms with E-state index in [1.165, 1.54) is 0 Å². The van der Waals surface area contributed by atoms with Crippen molar-refractivity contribution in [1.82, 2.24) is 19.8 Å². The molecule has 1 fully saturated rings. The molecule has 1 aliphatic rings. The largest absolute Gasteiger partial charge is 0.379 e. The molecular weight excluding hydrogens is 364 g/mol. The van der Waals surface area contributed by atoms with Gasteiger partial charge in [-0.2, -0.15) is 0 Å². The molecule has 2 heterocycles. The average molecular weight is 393 g/mol. The Morgan fingerprint density at radius 1 is 1.00 bits per heavy atom. The van der Waals surface area contributed by atoms with Crippen LogP contribution in [0.3, 0.4) is 0 Å². The van der Waals surface area contributed by atoms with Gasteiger partial charge in [-0.15, -0.1) is 0 Å². The fraction of sp³-hybridized carbons (Fsp3) is 0.391. The highest BCUT2D eigenvalue weighted by atomic mass is 16.5. The van der Waals surface area contributed by atoms with Gasteiger partial charge in [0.1, 0.15) is 5.82 Å². The molecule has 2 aromatic carbocycles. The number of imidazole rings is 1. The van der Waals surface area contributed by atoms with Crippen molar-refractivity contribution >= 4 is 16.9 Å². The molecule has 1 N–H and O–H groups in total. The molecule has 1 saturated heterocycles. The maximum absolute atomic E-state index is 12.2. The van der Waals surface area contributed by atoms with Gasteiger partial charge in [-0.3, -0.25) is 9.69 Å². The molecular formula is C23H28N4O2. The Kier molecular flexibility index (Phi) is 6.54. The molecule has 0 unspecified atom stereocenters. The molecule has 3 aromatic rings. The number of amides is 1. The summed E-state index contributed by atoms with van der Waals surface area (Å²) in [6, 6.07) is 18.1. The van der Waals surface area contributed by atoms with Gasteiger partial charge in [0.25, 0.3) is 0 Å². The van der Waals surface area contributed by atoms with Crippen LogP contribution < -0.4 is 5.32 Å². The number of carbonyl (C=O) groups excluding carboxylic acids is 1. The Morgan fingerprint density at radius 2 is 1.76 bits per heavy atom. The number of para-hydroxylation sites is 2. The molecule has 1 amide bonds. The minimum Gasteiger partial charge on any atom is -0.379 e. The summed E-state index contributed by atoms with van der Waals surface area (Å²) in [6.07, 6.45) is 1.13. The van der Waals surface area contributed by atoms with Crippen molar-refractivity contribution in [1.29, 1.82) is 0 Å². The molecule has 0 radical (unpaired) electrons. The number of nitrogens with one attached hydrogen (secondary N) is 1. The van der Waals surface area contributed by atoms with Crippen molar-refractivity contribution in [3.63, 3.8) is 0 Å². The highest BCUT2D eigenvalue weighted by molar-refractivity contribution is 5.78. The number of hydrogen-bond acceptors (Lipinski definition) is 4. The van der Waals surface area contributed by atoms with E-state index in [9.17, 15) is 4.79 Å². The Bertz CT molecular complexity index is 932. The fourth-order valence-corrected chi connectivity index (χ4v) is 3.79. The van der Waals surface area contributed by atoms with Gasteiger partial charge in [-0.1, -0.05) is 42.5 Å². The van der Waals surface area contributed by atoms with E-state index in [0.29, 0.717) is 13.0 Å². The zero-order valence-corrected chi connectivity index (χ0v) is 16.7. The Morgan fingerprint density at radius 3 is 2.59 bits per heavy atom. The molecule has 0 bridgehead atoms. The summed E-state index contributed by atoms with van der Waals surface area (Å²) >= 11 is 0. The first-order valence-electron chi connectivity index (χ1n) is 10.3. The lowest BCUT2D eigenvalue weighted by Crippen LogP contribution is -2.38. The second-order valence-corrected chi connectivity index (χ2v) is 7.38. The second-order valence-electron chi connectivity index (χ2n) is 7.38. The first-order chi connectivity index (χ1) is 14.3. The summed E-state index contributed by atoms with van der Waals surface area (Å²) in [5.74, 6) is 1.08. The van der Waals surface area contributed by atoms with Gasteiger partial charge in [0.15, 0.2) is 0 Å². The number of nitrogens with zero attached hydrogens (tertiary/aromatic N) is 3. The normalized spacial score (nSPS) is 14.9. The van der Waals surface area contributed by atoms with E-state index in [4.69, 9.17) is 9.72 Å². The quantitative estimate of drug-likeness (QED) is 0.639. The number of carbonyl (C=O) groups is 1. The average Bonchev–Trinajstić information content (AvgIpc) is 3.11. The molecule has 0 atom stereocenters. The van der Waals surface area contributed by atoms with Gasteiger partial charge in [-0.25, -0.2) is 4.98 Å². The van der Waals surface area contributed by atoms with Gasteiger partial charge in [0.2, 0.25) is 5.91 Å². The maximum atomic E-state index is 12.2. The molecule has 4 rings (SSSR count). The van der Waals surface area contributed by atoms with E-state index in [1.807, 2.05) is 36.4 Å². The highest BCUT2D eigenvalue weighted by Gasteiger charge is 2.14. The van der Waals surface area contributed by atoms with Crippen molar-refractivity contribution in [2.24, 2.45) is 0 Å². The molecule has 6 nitrogen and oxygen atoms in total. The topological polar surface area (TPSA) is 59.4 Å². The van der Waals surface area contributed by atoms with Crippen LogP contribution in [0.1, 0.15) is 11.4 Å². The zero-order chi connectivity index (χ0) is 19.9. The van der Waals surface area contributed by atoms with Crippen molar-refractivity contribution < 1.29 is 9.53 Å². The van der Waals surface area contributed by atoms with Gasteiger partial charge >= 0.3 is 0 Å². The third-order valence-electron chi connectivity index (χ3n) is 5.36. The minimum absolute atomic E-state index is 0.0483. The minimum atomic E-state index is 0.0483. The summed E-state index contributed by atoms with van der Waals surface area (Å²) in [4.78, 5) is 19.5. The van der Waals surface area contributed by atoms with E-state index in [-0.39, 0.29) is 5.91 Å². The smallest absolute Gasteiger partial charge is 0.224 e. The third kappa shape index (κ3) is 5.22. The predicted molar refractivity (Wildman–Crippen MR) is 114 cm³/mol. The van der Waals surface area contributed by atoms with Gasteiger partial charge < -0.3 is 14.6 Å². The number of rotatable bonds is 8. The van der Waals surface area contributed by atoms with Crippen LogP contribution in [0, 0.1) is 0 Å². The number of fused-ring (bicyclic) bond motifs is 1. The standard InChI is InChI=1S/C23H28N4O2/c28-23(18-19-6-2-1-3-7-19)24-11-10-22-25-20-8-4-5-9-21(20)27(22)13-12-26-14-16-29-17-15-26/h1-9H,10-18H2,(H,24,28). The number of hydrogen-bond donors (Lipinski definition) is 1. The number of benzene rings is 2.